The topological polar surface area (TPSA) is 131 Å². The molecule has 0 unspecified atom stereocenters. The number of aromatic nitrogens is 3. The molecule has 11 nitrogen and oxygen atoms in total. The molecule has 0 saturated carbocycles. The van der Waals surface area contributed by atoms with E-state index in [2.05, 4.69) is 30.8 Å². The third-order valence-electron chi connectivity index (χ3n) is 4.43. The standard InChI is InChI=1S/C20H20N8O3/c29-28(30)17-8-6-15(7-9-17)14-21-26-19-23-18(22-16-4-2-1-3-5-16)24-20(25-19)27-10-12-31-13-11-27/h1-9,14H,10-13H2,(H2,22,23,24,25,26)/b21-14+. The van der Waals surface area contributed by atoms with E-state index in [1.54, 1.807) is 12.1 Å². The molecule has 31 heavy (non-hydrogen) atoms. The molecule has 0 spiro atoms. The Kier molecular flexibility index (Phi) is 6.24. The summed E-state index contributed by atoms with van der Waals surface area (Å²) in [6, 6.07) is 15.6. The zero-order chi connectivity index (χ0) is 21.5. The second kappa shape index (κ2) is 9.59. The maximum atomic E-state index is 10.8. The zero-order valence-corrected chi connectivity index (χ0v) is 16.5. The number of nitrogens with zero attached hydrogens (tertiary/aromatic N) is 6. The van der Waals surface area contributed by atoms with E-state index in [4.69, 9.17) is 4.74 Å². The van der Waals surface area contributed by atoms with Crippen LogP contribution in [0.25, 0.3) is 0 Å². The maximum Gasteiger partial charge on any atom is 0.269 e. The van der Waals surface area contributed by atoms with Crippen LogP contribution in [0.4, 0.5) is 29.2 Å². The second-order valence-electron chi connectivity index (χ2n) is 6.59. The minimum Gasteiger partial charge on any atom is -0.378 e. The number of nitrogens with one attached hydrogen (secondary N) is 2. The average Bonchev–Trinajstić information content (AvgIpc) is 2.80. The number of non-ortho nitro benzene ring substituents is 1. The molecule has 0 atom stereocenters. The van der Waals surface area contributed by atoms with E-state index in [-0.39, 0.29) is 11.6 Å². The number of nitro benzene ring substituents is 1. The van der Waals surface area contributed by atoms with Gasteiger partial charge in [-0.1, -0.05) is 18.2 Å². The van der Waals surface area contributed by atoms with Gasteiger partial charge in [0.1, 0.15) is 0 Å². The molecule has 2 heterocycles. The number of rotatable bonds is 7. The molecule has 4 rings (SSSR count). The van der Waals surface area contributed by atoms with Crippen molar-refractivity contribution in [3.8, 4) is 0 Å². The van der Waals surface area contributed by atoms with Gasteiger partial charge in [0.2, 0.25) is 17.8 Å². The van der Waals surface area contributed by atoms with Gasteiger partial charge in [0.25, 0.3) is 5.69 Å². The fraction of sp³-hybridized carbons (Fsp3) is 0.200. The summed E-state index contributed by atoms with van der Waals surface area (Å²) in [5.41, 5.74) is 4.38. The smallest absolute Gasteiger partial charge is 0.269 e. The average molecular weight is 420 g/mol. The van der Waals surface area contributed by atoms with Crippen molar-refractivity contribution in [2.24, 2.45) is 5.10 Å². The predicted octanol–water partition coefficient (Wildman–Crippen LogP) is 2.81. The summed E-state index contributed by atoms with van der Waals surface area (Å²) in [5, 5.41) is 18.1. The molecule has 1 fully saturated rings. The summed E-state index contributed by atoms with van der Waals surface area (Å²) in [7, 11) is 0. The van der Waals surface area contributed by atoms with Gasteiger partial charge in [-0.3, -0.25) is 10.1 Å². The fourth-order valence-electron chi connectivity index (χ4n) is 2.87. The van der Waals surface area contributed by atoms with Crippen molar-refractivity contribution >= 4 is 35.4 Å². The van der Waals surface area contributed by atoms with E-state index in [9.17, 15) is 10.1 Å². The van der Waals surface area contributed by atoms with Crippen molar-refractivity contribution in [1.29, 1.82) is 0 Å². The predicted molar refractivity (Wildman–Crippen MR) is 117 cm³/mol. The van der Waals surface area contributed by atoms with E-state index in [1.807, 2.05) is 35.2 Å². The van der Waals surface area contributed by atoms with E-state index < -0.39 is 4.92 Å². The number of para-hydroxylation sites is 1. The molecule has 2 aromatic carbocycles. The van der Waals surface area contributed by atoms with Crippen LogP contribution in [0.5, 0.6) is 0 Å². The van der Waals surface area contributed by atoms with Gasteiger partial charge in [-0.05, 0) is 29.8 Å². The number of hydrogen-bond acceptors (Lipinski definition) is 10. The summed E-state index contributed by atoms with van der Waals surface area (Å²) in [4.78, 5) is 25.7. The van der Waals surface area contributed by atoms with Crippen LogP contribution in [0.15, 0.2) is 59.7 Å². The molecule has 11 heteroatoms. The molecule has 0 aliphatic carbocycles. The lowest BCUT2D eigenvalue weighted by atomic mass is 10.2. The monoisotopic (exact) mass is 420 g/mol. The Bertz CT molecular complexity index is 1050. The molecule has 1 saturated heterocycles. The second-order valence-corrected chi connectivity index (χ2v) is 6.59. The van der Waals surface area contributed by atoms with Crippen LogP contribution in [0.1, 0.15) is 5.56 Å². The van der Waals surface area contributed by atoms with Gasteiger partial charge < -0.3 is 15.0 Å². The van der Waals surface area contributed by atoms with Crippen LogP contribution in [-0.4, -0.2) is 52.4 Å². The molecule has 0 radical (unpaired) electrons. The van der Waals surface area contributed by atoms with Crippen molar-refractivity contribution in [2.45, 2.75) is 0 Å². The summed E-state index contributed by atoms with van der Waals surface area (Å²) in [6.07, 6.45) is 1.53. The quantitative estimate of drug-likeness (QED) is 0.336. The highest BCUT2D eigenvalue weighted by molar-refractivity contribution is 5.80. The third kappa shape index (κ3) is 5.48. The van der Waals surface area contributed by atoms with Crippen LogP contribution < -0.4 is 15.6 Å². The van der Waals surface area contributed by atoms with Crippen molar-refractivity contribution in [3.63, 3.8) is 0 Å². The van der Waals surface area contributed by atoms with Crippen LogP contribution in [0, 0.1) is 10.1 Å². The number of anilines is 4. The summed E-state index contributed by atoms with van der Waals surface area (Å²) in [6.45, 7) is 2.57. The number of ether oxygens (including phenoxy) is 1. The van der Waals surface area contributed by atoms with E-state index in [1.165, 1.54) is 18.3 Å². The van der Waals surface area contributed by atoms with Gasteiger partial charge >= 0.3 is 0 Å². The van der Waals surface area contributed by atoms with Gasteiger partial charge in [0.05, 0.1) is 24.4 Å². The van der Waals surface area contributed by atoms with Crippen LogP contribution in [0.2, 0.25) is 0 Å². The highest BCUT2D eigenvalue weighted by Crippen LogP contribution is 2.18. The molecule has 0 bridgehead atoms. The van der Waals surface area contributed by atoms with Crippen LogP contribution in [-0.2, 0) is 4.74 Å². The Balaban J connectivity index is 1.53. The molecular weight excluding hydrogens is 400 g/mol. The molecule has 1 aliphatic rings. The van der Waals surface area contributed by atoms with Crippen molar-refractivity contribution < 1.29 is 9.66 Å². The van der Waals surface area contributed by atoms with Crippen molar-refractivity contribution in [3.05, 3.63) is 70.3 Å². The zero-order valence-electron chi connectivity index (χ0n) is 16.5. The van der Waals surface area contributed by atoms with Gasteiger partial charge in [0.15, 0.2) is 0 Å². The largest absolute Gasteiger partial charge is 0.378 e. The number of hydrazone groups is 1. The molecule has 158 valence electrons. The van der Waals surface area contributed by atoms with Crippen molar-refractivity contribution in [2.75, 3.05) is 41.9 Å². The Morgan fingerprint density at radius 3 is 2.42 bits per heavy atom. The molecular formula is C20H20N8O3. The minimum atomic E-state index is -0.446. The third-order valence-corrected chi connectivity index (χ3v) is 4.43. The minimum absolute atomic E-state index is 0.0226. The van der Waals surface area contributed by atoms with Crippen LogP contribution in [0.3, 0.4) is 0 Å². The van der Waals surface area contributed by atoms with Crippen LogP contribution >= 0.6 is 0 Å². The lowest BCUT2D eigenvalue weighted by molar-refractivity contribution is -0.384. The molecule has 1 aliphatic heterocycles. The first-order chi connectivity index (χ1) is 15.2. The van der Waals surface area contributed by atoms with Gasteiger partial charge in [-0.25, -0.2) is 5.43 Å². The Labute approximate surface area is 178 Å². The summed E-state index contributed by atoms with van der Waals surface area (Å²) in [5.74, 6) is 1.17. The highest BCUT2D eigenvalue weighted by atomic mass is 16.6. The molecule has 2 N–H and O–H groups in total. The molecule has 3 aromatic rings. The fourth-order valence-corrected chi connectivity index (χ4v) is 2.87. The number of benzene rings is 2. The number of morpholine rings is 1. The first kappa shape index (κ1) is 20.2. The number of hydrogen-bond donors (Lipinski definition) is 2. The maximum absolute atomic E-state index is 10.8. The van der Waals surface area contributed by atoms with Gasteiger partial charge in [-0.2, -0.15) is 20.1 Å². The lowest BCUT2D eigenvalue weighted by Gasteiger charge is -2.27. The van der Waals surface area contributed by atoms with Gasteiger partial charge in [0, 0.05) is 30.9 Å². The number of nitro groups is 1. The van der Waals surface area contributed by atoms with E-state index in [0.29, 0.717) is 43.8 Å². The van der Waals surface area contributed by atoms with E-state index in [0.717, 1.165) is 5.69 Å². The SMILES string of the molecule is O=[N+]([O-])c1ccc(/C=N/Nc2nc(Nc3ccccc3)nc(N3CCOCC3)n2)cc1. The normalized spacial score (nSPS) is 13.9. The lowest BCUT2D eigenvalue weighted by Crippen LogP contribution is -2.37. The first-order valence-corrected chi connectivity index (χ1v) is 9.62. The Hall–Kier alpha value is -4.12. The first-order valence-electron chi connectivity index (χ1n) is 9.62. The Morgan fingerprint density at radius 2 is 1.71 bits per heavy atom. The summed E-state index contributed by atoms with van der Waals surface area (Å²) < 4.78 is 5.40. The Morgan fingerprint density at radius 1 is 1.00 bits per heavy atom. The molecule has 1 aromatic heterocycles. The highest BCUT2D eigenvalue weighted by Gasteiger charge is 2.16. The van der Waals surface area contributed by atoms with E-state index >= 15 is 0 Å². The van der Waals surface area contributed by atoms with Crippen molar-refractivity contribution in [1.82, 2.24) is 15.0 Å². The summed E-state index contributed by atoms with van der Waals surface area (Å²) >= 11 is 0. The molecule has 0 amide bonds. The van der Waals surface area contributed by atoms with Gasteiger partial charge in [-0.15, -0.1) is 0 Å².